The molecule has 0 aromatic carbocycles. The monoisotopic (exact) mass is 313 g/mol. The lowest BCUT2D eigenvalue weighted by Crippen LogP contribution is -2.32. The van der Waals surface area contributed by atoms with Crippen LogP contribution in [0.15, 0.2) is 0 Å². The highest BCUT2D eigenvalue weighted by atomic mass is 19.1. The van der Waals surface area contributed by atoms with E-state index in [-0.39, 0.29) is 11.4 Å². The summed E-state index contributed by atoms with van der Waals surface area (Å²) in [6.07, 6.45) is 11.6. The van der Waals surface area contributed by atoms with E-state index in [1.54, 1.807) is 4.80 Å². The highest BCUT2D eigenvalue weighted by molar-refractivity contribution is 5.03. The maximum Gasteiger partial charge on any atom is 0.296 e. The highest BCUT2D eigenvalue weighted by Crippen LogP contribution is 2.30. The van der Waals surface area contributed by atoms with Crippen molar-refractivity contribution in [3.63, 3.8) is 0 Å². The van der Waals surface area contributed by atoms with Crippen LogP contribution >= 0.6 is 0 Å². The maximum absolute atomic E-state index is 13.7. The van der Waals surface area contributed by atoms with Crippen molar-refractivity contribution in [1.82, 2.24) is 15.0 Å². The smallest absolute Gasteiger partial charge is 0.296 e. The summed E-state index contributed by atoms with van der Waals surface area (Å²) in [6.45, 7) is 6.55. The molecule has 0 aliphatic rings. The van der Waals surface area contributed by atoms with E-state index in [1.807, 2.05) is 0 Å². The van der Waals surface area contributed by atoms with E-state index in [1.165, 1.54) is 45.6 Å². The summed E-state index contributed by atoms with van der Waals surface area (Å²) in [5, 5.41) is 8.16. The number of halogens is 1. The predicted molar refractivity (Wildman–Crippen MR) is 87.7 cm³/mol. The highest BCUT2D eigenvalue weighted by Gasteiger charge is 2.30. The van der Waals surface area contributed by atoms with Gasteiger partial charge >= 0.3 is 0 Å². The Balaban J connectivity index is 2.71. The number of rotatable bonds is 12. The first-order valence-corrected chi connectivity index (χ1v) is 8.74. The number of methoxy groups -OCH3 is 1. The zero-order valence-corrected chi connectivity index (χ0v) is 14.7. The summed E-state index contributed by atoms with van der Waals surface area (Å²) >= 11 is 0. The molecule has 5 heteroatoms. The molecule has 1 aromatic rings. The maximum atomic E-state index is 13.7. The first-order valence-electron chi connectivity index (χ1n) is 8.74. The fourth-order valence-electron chi connectivity index (χ4n) is 2.83. The molecule has 1 aromatic heterocycles. The van der Waals surface area contributed by atoms with Crippen molar-refractivity contribution >= 4 is 0 Å². The van der Waals surface area contributed by atoms with Crippen LogP contribution in [0.3, 0.4) is 0 Å². The summed E-state index contributed by atoms with van der Waals surface area (Å²) in [7, 11) is 1.43. The van der Waals surface area contributed by atoms with Crippen LogP contribution in [0.4, 0.5) is 4.39 Å². The predicted octanol–water partition coefficient (Wildman–Crippen LogP) is 5.08. The quantitative estimate of drug-likeness (QED) is 0.505. The van der Waals surface area contributed by atoms with Gasteiger partial charge in [-0.15, -0.1) is 10.2 Å². The van der Waals surface area contributed by atoms with Gasteiger partial charge in [0, 0.05) is 0 Å². The molecular weight excluding hydrogens is 281 g/mol. The van der Waals surface area contributed by atoms with Gasteiger partial charge in [0.25, 0.3) is 11.8 Å². The van der Waals surface area contributed by atoms with Crippen LogP contribution < -0.4 is 4.74 Å². The van der Waals surface area contributed by atoms with Crippen LogP contribution in [-0.2, 0) is 5.54 Å². The van der Waals surface area contributed by atoms with E-state index in [4.69, 9.17) is 4.74 Å². The SMILES string of the molecule is CCCCCCCC(C)(CCCCC)n1nc(F)c(OC)n1. The molecule has 0 spiro atoms. The zero-order chi connectivity index (χ0) is 16.4. The summed E-state index contributed by atoms with van der Waals surface area (Å²) in [4.78, 5) is 1.55. The summed E-state index contributed by atoms with van der Waals surface area (Å²) in [6, 6.07) is 0. The second-order valence-electron chi connectivity index (χ2n) is 6.41. The summed E-state index contributed by atoms with van der Waals surface area (Å²) < 4.78 is 18.6. The molecule has 128 valence electrons. The molecule has 0 fully saturated rings. The Morgan fingerprint density at radius 1 is 0.955 bits per heavy atom. The minimum Gasteiger partial charge on any atom is -0.477 e. The lowest BCUT2D eigenvalue weighted by atomic mass is 9.89. The molecular formula is C17H32FN3O. The van der Waals surface area contributed by atoms with E-state index in [0.29, 0.717) is 0 Å². The van der Waals surface area contributed by atoms with Gasteiger partial charge in [-0.3, -0.25) is 0 Å². The Kier molecular flexibility index (Phi) is 8.43. The van der Waals surface area contributed by atoms with Gasteiger partial charge in [0.05, 0.1) is 12.6 Å². The van der Waals surface area contributed by atoms with Crippen molar-refractivity contribution in [3.8, 4) is 5.88 Å². The van der Waals surface area contributed by atoms with Gasteiger partial charge in [-0.05, 0) is 19.8 Å². The second-order valence-corrected chi connectivity index (χ2v) is 6.41. The first kappa shape index (κ1) is 18.9. The molecule has 0 bridgehead atoms. The molecule has 1 rings (SSSR count). The summed E-state index contributed by atoms with van der Waals surface area (Å²) in [5.41, 5.74) is -0.223. The van der Waals surface area contributed by atoms with Gasteiger partial charge in [-0.25, -0.2) is 0 Å². The fraction of sp³-hybridized carbons (Fsp3) is 0.882. The molecule has 0 radical (unpaired) electrons. The minimum atomic E-state index is -0.616. The van der Waals surface area contributed by atoms with Crippen LogP contribution in [0, 0.1) is 5.95 Å². The molecule has 0 aliphatic carbocycles. The lowest BCUT2D eigenvalue weighted by molar-refractivity contribution is 0.195. The molecule has 1 atom stereocenters. The van der Waals surface area contributed by atoms with Crippen LogP contribution in [-0.4, -0.2) is 22.1 Å². The van der Waals surface area contributed by atoms with Gasteiger partial charge in [-0.2, -0.15) is 9.19 Å². The Bertz CT molecular complexity index is 422. The average Bonchev–Trinajstić information content (AvgIpc) is 2.89. The number of ether oxygens (including phenoxy) is 1. The fourth-order valence-corrected chi connectivity index (χ4v) is 2.83. The standard InChI is InChI=1S/C17H32FN3O/c1-5-7-9-10-12-14-17(3,13-11-8-6-2)21-19-15(18)16(20-21)22-4/h5-14H2,1-4H3. The number of unbranched alkanes of at least 4 members (excludes halogenated alkanes) is 6. The van der Waals surface area contributed by atoms with Gasteiger partial charge in [-0.1, -0.05) is 65.2 Å². The van der Waals surface area contributed by atoms with Crippen molar-refractivity contribution in [3.05, 3.63) is 5.95 Å². The van der Waals surface area contributed by atoms with Crippen LogP contribution in [0.2, 0.25) is 0 Å². The van der Waals surface area contributed by atoms with E-state index >= 15 is 0 Å². The second kappa shape index (κ2) is 9.80. The molecule has 1 heterocycles. The van der Waals surface area contributed by atoms with Crippen molar-refractivity contribution in [2.45, 2.75) is 90.5 Å². The number of aromatic nitrogens is 3. The number of nitrogens with zero attached hydrogens (tertiary/aromatic N) is 3. The third-order valence-electron chi connectivity index (χ3n) is 4.36. The third kappa shape index (κ3) is 5.58. The number of hydrogen-bond acceptors (Lipinski definition) is 3. The van der Waals surface area contributed by atoms with Crippen LogP contribution in [0.1, 0.15) is 85.0 Å². The molecule has 0 saturated carbocycles. The number of hydrogen-bond donors (Lipinski definition) is 0. The van der Waals surface area contributed by atoms with E-state index in [2.05, 4.69) is 31.0 Å². The molecule has 0 amide bonds. The molecule has 0 aliphatic heterocycles. The summed E-state index contributed by atoms with van der Waals surface area (Å²) in [5.74, 6) is -0.622. The zero-order valence-electron chi connectivity index (χ0n) is 14.7. The Morgan fingerprint density at radius 3 is 2.05 bits per heavy atom. The molecule has 22 heavy (non-hydrogen) atoms. The van der Waals surface area contributed by atoms with Gasteiger partial charge in [0.15, 0.2) is 0 Å². The minimum absolute atomic E-state index is 0.00676. The largest absolute Gasteiger partial charge is 0.477 e. The van der Waals surface area contributed by atoms with Crippen LogP contribution in [0.25, 0.3) is 0 Å². The molecule has 1 unspecified atom stereocenters. The molecule has 4 nitrogen and oxygen atoms in total. The van der Waals surface area contributed by atoms with Crippen molar-refractivity contribution in [1.29, 1.82) is 0 Å². The van der Waals surface area contributed by atoms with Gasteiger partial charge in [0.1, 0.15) is 0 Å². The van der Waals surface area contributed by atoms with E-state index in [9.17, 15) is 4.39 Å². The Hall–Kier alpha value is -1.13. The van der Waals surface area contributed by atoms with E-state index < -0.39 is 5.95 Å². The molecule has 0 N–H and O–H groups in total. The van der Waals surface area contributed by atoms with Gasteiger partial charge in [0.2, 0.25) is 0 Å². The topological polar surface area (TPSA) is 39.9 Å². The normalized spacial score (nSPS) is 14.0. The third-order valence-corrected chi connectivity index (χ3v) is 4.36. The van der Waals surface area contributed by atoms with Gasteiger partial charge < -0.3 is 4.74 Å². The Morgan fingerprint density at radius 2 is 1.50 bits per heavy atom. The molecule has 0 saturated heterocycles. The Labute approximate surface area is 134 Å². The van der Waals surface area contributed by atoms with Crippen LogP contribution in [0.5, 0.6) is 5.88 Å². The lowest BCUT2D eigenvalue weighted by Gasteiger charge is -2.28. The van der Waals surface area contributed by atoms with Crippen molar-refractivity contribution in [2.75, 3.05) is 7.11 Å². The van der Waals surface area contributed by atoms with E-state index in [0.717, 1.165) is 25.7 Å². The van der Waals surface area contributed by atoms with Crippen molar-refractivity contribution < 1.29 is 9.13 Å². The average molecular weight is 313 g/mol. The van der Waals surface area contributed by atoms with Crippen molar-refractivity contribution in [2.24, 2.45) is 0 Å². The first-order chi connectivity index (χ1) is 10.6.